The van der Waals surface area contributed by atoms with Crippen molar-refractivity contribution in [3.05, 3.63) is 0 Å². The van der Waals surface area contributed by atoms with Crippen LogP contribution in [0.1, 0.15) is 249 Å². The molecule has 0 aliphatic carbocycles. The molecule has 0 radical (unpaired) electrons. The maximum Gasteiger partial charge on any atom is 0.315 e. The molecule has 67 heavy (non-hydrogen) atoms. The molecule has 0 unspecified atom stereocenters. The Bertz CT molecular complexity index is 1380. The van der Waals surface area contributed by atoms with Crippen molar-refractivity contribution in [1.82, 2.24) is 31.9 Å². The highest BCUT2D eigenvalue weighted by Crippen LogP contribution is 2.28. The number of amidine groups is 1. The number of urea groups is 1. The van der Waals surface area contributed by atoms with E-state index in [4.69, 9.17) is 18.0 Å². The lowest BCUT2D eigenvalue weighted by atomic mass is 9.76. The van der Waals surface area contributed by atoms with E-state index >= 15 is 0 Å². The summed E-state index contributed by atoms with van der Waals surface area (Å²) < 4.78 is 0. The molecule has 0 fully saturated rings. The van der Waals surface area contributed by atoms with Gasteiger partial charge in [0.25, 0.3) is 0 Å². The minimum atomic E-state index is -0.284. The topological polar surface area (TPSA) is 180 Å². The van der Waals surface area contributed by atoms with Gasteiger partial charge >= 0.3 is 6.03 Å². The van der Waals surface area contributed by atoms with Crippen molar-refractivity contribution >= 4 is 46.8 Å². The highest BCUT2D eigenvalue weighted by molar-refractivity contribution is 7.80. The fraction of sp³-hybridized carbons (Fsp3) is 0.889. The van der Waals surface area contributed by atoms with E-state index in [1.54, 1.807) is 0 Å². The van der Waals surface area contributed by atoms with Crippen molar-refractivity contribution in [3.8, 4) is 0 Å². The molecule has 0 aromatic rings. The highest BCUT2D eigenvalue weighted by atomic mass is 32.1. The molecule has 0 saturated carbocycles. The van der Waals surface area contributed by atoms with Gasteiger partial charge in [-0.05, 0) is 178 Å². The molecule has 0 aliphatic heterocycles. The van der Waals surface area contributed by atoms with Crippen LogP contribution < -0.4 is 42.6 Å². The Morgan fingerprint density at radius 1 is 0.328 bits per heavy atom. The number of rotatable bonds is 0. The smallest absolute Gasteiger partial charge is 0.315 e. The monoisotopic (exact) mass is 974 g/mol. The Hall–Kier alpha value is -2.96. The molecule has 4 amide bonds. The third kappa shape index (κ3) is 61.0. The van der Waals surface area contributed by atoms with Crippen LogP contribution in [0.3, 0.4) is 0 Å². The molecule has 0 bridgehead atoms. The zero-order chi connectivity index (χ0) is 56.4. The summed E-state index contributed by atoms with van der Waals surface area (Å²) in [7, 11) is 0. The van der Waals surface area contributed by atoms with Gasteiger partial charge in [0.1, 0.15) is 5.78 Å². The third-order valence-electron chi connectivity index (χ3n) is 6.97. The minimum absolute atomic E-state index is 0.0370. The summed E-state index contributed by atoms with van der Waals surface area (Å²) in [6.07, 6.45) is 0. The number of thiocarbonyl (C=S) groups is 1. The molecule has 0 rings (SSSR count). The number of hydrogen-bond acceptors (Lipinski definition) is 5. The zero-order valence-electron chi connectivity index (χ0n) is 51.1. The number of carbonyl (C=O) groups is 4. The maximum absolute atomic E-state index is 11.5. The Morgan fingerprint density at radius 3 is 0.627 bits per heavy atom. The van der Waals surface area contributed by atoms with Gasteiger partial charge < -0.3 is 31.9 Å². The van der Waals surface area contributed by atoms with Crippen molar-refractivity contribution in [2.45, 2.75) is 288 Å². The molecule has 0 saturated heterocycles. The zero-order valence-corrected chi connectivity index (χ0v) is 51.9. The van der Waals surface area contributed by atoms with Gasteiger partial charge in [0.15, 0.2) is 5.11 Å². The van der Waals surface area contributed by atoms with Gasteiger partial charge in [0, 0.05) is 54.9 Å². The predicted octanol–water partition coefficient (Wildman–Crippen LogP) is 10.7. The molecular formula is C54H117N8O4S+. The molecule has 12 nitrogen and oxygen atoms in total. The van der Waals surface area contributed by atoms with Crippen LogP contribution in [-0.4, -0.2) is 73.3 Å². The number of carbonyl (C=O) groups excluding carboxylic acids is 4. The van der Waals surface area contributed by atoms with E-state index in [0.29, 0.717) is 5.78 Å². The lowest BCUT2D eigenvalue weighted by Gasteiger charge is -2.28. The lowest BCUT2D eigenvalue weighted by molar-refractivity contribution is -0.542. The summed E-state index contributed by atoms with van der Waals surface area (Å²) in [6, 6.07) is -0.116. The Kier molecular flexibility index (Phi) is 30.9. The fourth-order valence-corrected chi connectivity index (χ4v) is 4.81. The van der Waals surface area contributed by atoms with Crippen molar-refractivity contribution < 1.29 is 24.2 Å². The molecule has 0 aromatic heterocycles. The van der Waals surface area contributed by atoms with Crippen LogP contribution in [0.4, 0.5) is 4.79 Å². The summed E-state index contributed by atoms with van der Waals surface area (Å²) >= 11 is 5.13. The Morgan fingerprint density at radius 2 is 0.537 bits per heavy atom. The van der Waals surface area contributed by atoms with Crippen LogP contribution >= 0.6 is 12.2 Å². The molecule has 9 N–H and O–H groups in total. The van der Waals surface area contributed by atoms with Crippen LogP contribution in [0.25, 0.3) is 0 Å². The summed E-state index contributed by atoms with van der Waals surface area (Å²) in [4.78, 5) is 48.7. The second-order valence-corrected chi connectivity index (χ2v) is 30.3. The van der Waals surface area contributed by atoms with Gasteiger partial charge in [0.05, 0.1) is 11.0 Å². The van der Waals surface area contributed by atoms with Gasteiger partial charge in [-0.1, -0.05) is 83.1 Å². The number of nitrogens with one attached hydrogen (secondary N) is 7. The summed E-state index contributed by atoms with van der Waals surface area (Å²) in [5.41, 5.74) is 4.49. The average Bonchev–Trinajstić information content (AvgIpc) is 2.89. The van der Waals surface area contributed by atoms with Gasteiger partial charge in [-0.15, -0.1) is 0 Å². The first kappa shape index (κ1) is 75.5. The Labute approximate surface area is 422 Å². The quantitative estimate of drug-likeness (QED) is 0.0671. The van der Waals surface area contributed by atoms with Crippen molar-refractivity contribution in [1.29, 1.82) is 0 Å². The summed E-state index contributed by atoms with van der Waals surface area (Å²) in [6.45, 7) is 72.0. The van der Waals surface area contributed by atoms with E-state index in [-0.39, 0.29) is 83.7 Å². The first-order valence-corrected chi connectivity index (χ1v) is 24.5. The van der Waals surface area contributed by atoms with Crippen molar-refractivity contribution in [2.75, 3.05) is 0 Å². The number of hydrogen-bond donors (Lipinski definition) is 8. The third-order valence-corrected chi connectivity index (χ3v) is 7.18. The van der Waals surface area contributed by atoms with E-state index in [2.05, 4.69) is 120 Å². The summed E-state index contributed by atoms with van der Waals surface area (Å²) in [5, 5.41) is 18.6. The Balaban J connectivity index is -0.000000167. The second-order valence-electron chi connectivity index (χ2n) is 29.9. The van der Waals surface area contributed by atoms with E-state index < -0.39 is 0 Å². The number of amides is 4. The summed E-state index contributed by atoms with van der Waals surface area (Å²) in [5.74, 6) is 1.38. The van der Waals surface area contributed by atoms with Crippen molar-refractivity contribution in [2.24, 2.45) is 32.8 Å². The first-order valence-electron chi connectivity index (χ1n) is 24.1. The fourth-order valence-electron chi connectivity index (χ4n) is 4.20. The largest absolute Gasteiger partial charge is 0.358 e. The highest BCUT2D eigenvalue weighted by Gasteiger charge is 2.32. The van der Waals surface area contributed by atoms with E-state index in [0.717, 1.165) is 10.9 Å². The van der Waals surface area contributed by atoms with E-state index in [1.807, 2.05) is 166 Å². The van der Waals surface area contributed by atoms with Gasteiger partial charge in [-0.3, -0.25) is 25.1 Å². The normalized spacial score (nSPS) is 13.2. The molecule has 0 aliphatic rings. The maximum atomic E-state index is 11.5. The van der Waals surface area contributed by atoms with E-state index in [9.17, 15) is 19.2 Å². The van der Waals surface area contributed by atoms with Crippen LogP contribution in [-0.2, 0) is 14.4 Å². The van der Waals surface area contributed by atoms with Gasteiger partial charge in [-0.25, -0.2) is 4.79 Å². The molecule has 0 atom stereocenters. The molecule has 0 aromatic carbocycles. The number of Topliss-reactive ketones (excluding diaryl/α,β-unsaturated/α-hetero) is 1. The van der Waals surface area contributed by atoms with Gasteiger partial charge in [-0.2, -0.15) is 0 Å². The van der Waals surface area contributed by atoms with Crippen LogP contribution in [0.2, 0.25) is 0 Å². The number of ketones is 1. The van der Waals surface area contributed by atoms with Crippen LogP contribution in [0.15, 0.2) is 0 Å². The predicted molar refractivity (Wildman–Crippen MR) is 298 cm³/mol. The number of nitrogens with two attached hydrogens (primary N) is 1. The SMILES string of the molecule is CC(C)(C)C(=O)C(C)(C)C.CC(C)(C)NC(=O)C(C)(C)C.CC(C)(C)NC(=O)C(C)(C)C.CC(C)(C)NC(=O)NC(C)(C)C.CC(C)(C)NC(=S)NC(C)(C)C.CC(C)(C)[NH+]=C(N)C(C)(C)C. The molecular weight excluding hydrogens is 857 g/mol. The lowest BCUT2D eigenvalue weighted by Crippen LogP contribution is -2.87. The van der Waals surface area contributed by atoms with Crippen LogP contribution in [0, 0.1) is 27.1 Å². The average molecular weight is 975 g/mol. The first-order chi connectivity index (χ1) is 28.2. The van der Waals surface area contributed by atoms with Crippen molar-refractivity contribution in [3.63, 3.8) is 0 Å². The standard InChI is InChI=1S/C9H20N2O.C9H20N2S.C9H20N2.2C9H19NO.C9H18O/c2*1-8(2,3)10-7(12)11-9(4,5)6;1-8(2,3)7(10)11-9(4,5)6;2*1-8(2,3)7(11)10-9(4,5)6;1-8(2,3)7(10)9(4,5)6/h2*1-6H3,(H2,10,11,12);1-6H3,(H2,10,11);2*1-6H3,(H,10,11);1-6H3/p+1. The molecule has 0 spiro atoms. The van der Waals surface area contributed by atoms with Crippen LogP contribution in [0.5, 0.6) is 0 Å². The second kappa shape index (κ2) is 27.4. The molecule has 0 heterocycles. The molecule has 402 valence electrons. The molecule has 13 heteroatoms. The van der Waals surface area contributed by atoms with E-state index in [1.165, 1.54) is 0 Å². The van der Waals surface area contributed by atoms with Gasteiger partial charge in [0.2, 0.25) is 17.6 Å². The minimum Gasteiger partial charge on any atom is -0.358 e.